The molecule has 0 fully saturated rings. The number of rotatable bonds is 3. The number of amides is 1. The van der Waals surface area contributed by atoms with Crippen LogP contribution in [0.1, 0.15) is 13.8 Å². The average Bonchev–Trinajstić information content (AvgIpc) is 2.36. The zero-order chi connectivity index (χ0) is 13.3. The highest BCUT2D eigenvalue weighted by Gasteiger charge is 2.24. The largest absolute Gasteiger partial charge is 0.482 e. The van der Waals surface area contributed by atoms with Crippen LogP contribution in [-0.2, 0) is 4.79 Å². The number of anilines is 2. The first-order chi connectivity index (χ1) is 8.44. The Morgan fingerprint density at radius 1 is 1.50 bits per heavy atom. The molecular formula is C13H18N2O3. The maximum atomic E-state index is 11.3. The van der Waals surface area contributed by atoms with E-state index in [2.05, 4.69) is 5.32 Å². The summed E-state index contributed by atoms with van der Waals surface area (Å²) < 4.78 is 5.30. The number of carbonyl (C=O) groups excluding carboxylic acids is 1. The van der Waals surface area contributed by atoms with Gasteiger partial charge in [0.25, 0.3) is 5.91 Å². The first-order valence-corrected chi connectivity index (χ1v) is 5.85. The number of carbonyl (C=O) groups is 1. The molecular weight excluding hydrogens is 232 g/mol. The lowest BCUT2D eigenvalue weighted by atomic mass is 10.0. The molecule has 0 radical (unpaired) electrons. The van der Waals surface area contributed by atoms with Crippen molar-refractivity contribution in [3.05, 3.63) is 18.2 Å². The topological polar surface area (TPSA) is 61.8 Å². The van der Waals surface area contributed by atoms with Crippen molar-refractivity contribution in [2.75, 3.05) is 30.5 Å². The molecule has 0 aromatic heterocycles. The van der Waals surface area contributed by atoms with Crippen molar-refractivity contribution in [3.63, 3.8) is 0 Å². The second-order valence-corrected chi connectivity index (χ2v) is 5.05. The van der Waals surface area contributed by atoms with E-state index < -0.39 is 0 Å². The van der Waals surface area contributed by atoms with Gasteiger partial charge in [0.15, 0.2) is 6.61 Å². The normalized spacial score (nSPS) is 14.6. The van der Waals surface area contributed by atoms with Crippen molar-refractivity contribution in [1.29, 1.82) is 0 Å². The van der Waals surface area contributed by atoms with E-state index in [4.69, 9.17) is 4.74 Å². The molecule has 1 aliphatic rings. The van der Waals surface area contributed by atoms with Crippen LogP contribution in [0.15, 0.2) is 18.2 Å². The molecule has 0 atom stereocenters. The van der Waals surface area contributed by atoms with Gasteiger partial charge in [-0.1, -0.05) is 0 Å². The third kappa shape index (κ3) is 2.26. The lowest BCUT2D eigenvalue weighted by Crippen LogP contribution is -2.44. The summed E-state index contributed by atoms with van der Waals surface area (Å²) >= 11 is 0. The van der Waals surface area contributed by atoms with E-state index in [1.807, 2.05) is 44.0 Å². The Kier molecular flexibility index (Phi) is 3.17. The summed E-state index contributed by atoms with van der Waals surface area (Å²) in [6, 6.07) is 5.59. The number of aliphatic hydroxyl groups is 1. The van der Waals surface area contributed by atoms with E-state index >= 15 is 0 Å². The molecule has 1 aromatic rings. The van der Waals surface area contributed by atoms with Gasteiger partial charge in [-0.05, 0) is 32.0 Å². The summed E-state index contributed by atoms with van der Waals surface area (Å²) in [7, 11) is 1.91. The minimum Gasteiger partial charge on any atom is -0.482 e. The Bertz CT molecular complexity index is 471. The van der Waals surface area contributed by atoms with Crippen LogP contribution >= 0.6 is 0 Å². The average molecular weight is 250 g/mol. The highest BCUT2D eigenvalue weighted by Crippen LogP contribution is 2.33. The van der Waals surface area contributed by atoms with Crippen LogP contribution in [0.25, 0.3) is 0 Å². The summed E-state index contributed by atoms with van der Waals surface area (Å²) in [5.74, 6) is 0.525. The van der Waals surface area contributed by atoms with Crippen LogP contribution in [0.4, 0.5) is 11.4 Å². The summed E-state index contributed by atoms with van der Waals surface area (Å²) in [6.45, 7) is 4.00. The summed E-state index contributed by atoms with van der Waals surface area (Å²) in [5.41, 5.74) is 1.22. The Morgan fingerprint density at radius 2 is 2.22 bits per heavy atom. The second-order valence-electron chi connectivity index (χ2n) is 5.05. The standard InChI is InChI=1S/C13H18N2O3/c1-13(2,8-16)15(3)9-4-5-11-10(6-9)14-12(17)7-18-11/h4-6,16H,7-8H2,1-3H3,(H,14,17). The van der Waals surface area contributed by atoms with E-state index in [1.165, 1.54) is 0 Å². The molecule has 1 aromatic carbocycles. The number of hydrogen-bond acceptors (Lipinski definition) is 4. The van der Waals surface area contributed by atoms with Crippen molar-refractivity contribution in [3.8, 4) is 5.75 Å². The third-order valence-corrected chi connectivity index (χ3v) is 3.28. The number of nitrogens with one attached hydrogen (secondary N) is 1. The van der Waals surface area contributed by atoms with Crippen LogP contribution < -0.4 is 15.0 Å². The van der Waals surface area contributed by atoms with Crippen LogP contribution in [0.5, 0.6) is 5.75 Å². The third-order valence-electron chi connectivity index (χ3n) is 3.28. The molecule has 0 saturated heterocycles. The fraction of sp³-hybridized carbons (Fsp3) is 0.462. The van der Waals surface area contributed by atoms with Crippen molar-refractivity contribution < 1.29 is 14.6 Å². The predicted molar refractivity (Wildman–Crippen MR) is 70.1 cm³/mol. The molecule has 18 heavy (non-hydrogen) atoms. The van der Waals surface area contributed by atoms with Gasteiger partial charge in [0.05, 0.1) is 17.8 Å². The molecule has 0 bridgehead atoms. The fourth-order valence-corrected chi connectivity index (χ4v) is 1.74. The number of ether oxygens (including phenoxy) is 1. The van der Waals surface area contributed by atoms with Gasteiger partial charge in [-0.25, -0.2) is 0 Å². The van der Waals surface area contributed by atoms with Gasteiger partial charge in [-0.3, -0.25) is 4.79 Å². The number of likely N-dealkylation sites (N-methyl/N-ethyl adjacent to an activating group) is 1. The van der Waals surface area contributed by atoms with E-state index in [-0.39, 0.29) is 24.7 Å². The van der Waals surface area contributed by atoms with Gasteiger partial charge >= 0.3 is 0 Å². The van der Waals surface area contributed by atoms with Crippen molar-refractivity contribution in [1.82, 2.24) is 0 Å². The fourth-order valence-electron chi connectivity index (χ4n) is 1.74. The predicted octanol–water partition coefficient (Wildman–Crippen LogP) is 1.22. The van der Waals surface area contributed by atoms with Gasteiger partial charge in [-0.2, -0.15) is 0 Å². The smallest absolute Gasteiger partial charge is 0.262 e. The maximum absolute atomic E-state index is 11.3. The minimum atomic E-state index is -0.367. The maximum Gasteiger partial charge on any atom is 0.262 e. The summed E-state index contributed by atoms with van der Waals surface area (Å²) in [4.78, 5) is 13.2. The first kappa shape index (κ1) is 12.7. The molecule has 2 N–H and O–H groups in total. The summed E-state index contributed by atoms with van der Waals surface area (Å²) in [5, 5.41) is 12.1. The molecule has 0 unspecified atom stereocenters. The highest BCUT2D eigenvalue weighted by molar-refractivity contribution is 5.96. The van der Waals surface area contributed by atoms with Gasteiger partial charge < -0.3 is 20.1 Å². The van der Waals surface area contributed by atoms with Gasteiger partial charge in [-0.15, -0.1) is 0 Å². The molecule has 1 amide bonds. The first-order valence-electron chi connectivity index (χ1n) is 5.85. The van der Waals surface area contributed by atoms with Crippen LogP contribution in [0, 0.1) is 0 Å². The van der Waals surface area contributed by atoms with Crippen LogP contribution in [0.3, 0.4) is 0 Å². The van der Waals surface area contributed by atoms with E-state index in [9.17, 15) is 9.90 Å². The molecule has 0 spiro atoms. The monoisotopic (exact) mass is 250 g/mol. The van der Waals surface area contributed by atoms with E-state index in [1.54, 1.807) is 0 Å². The quantitative estimate of drug-likeness (QED) is 0.847. The van der Waals surface area contributed by atoms with E-state index in [0.717, 1.165) is 5.69 Å². The number of benzene rings is 1. The molecule has 5 heteroatoms. The Morgan fingerprint density at radius 3 is 2.89 bits per heavy atom. The lowest BCUT2D eigenvalue weighted by molar-refractivity contribution is -0.118. The van der Waals surface area contributed by atoms with Gasteiger partial charge in [0.1, 0.15) is 5.75 Å². The summed E-state index contributed by atoms with van der Waals surface area (Å²) in [6.07, 6.45) is 0. The number of nitrogens with zero attached hydrogens (tertiary/aromatic N) is 1. The zero-order valence-corrected chi connectivity index (χ0v) is 10.9. The SMILES string of the molecule is CN(c1ccc2c(c1)NC(=O)CO2)C(C)(C)CO. The highest BCUT2D eigenvalue weighted by atomic mass is 16.5. The number of fused-ring (bicyclic) bond motifs is 1. The van der Waals surface area contributed by atoms with Crippen molar-refractivity contribution in [2.24, 2.45) is 0 Å². The Hall–Kier alpha value is -1.75. The van der Waals surface area contributed by atoms with Crippen molar-refractivity contribution >= 4 is 17.3 Å². The molecule has 0 saturated carbocycles. The van der Waals surface area contributed by atoms with Crippen LogP contribution in [0.2, 0.25) is 0 Å². The molecule has 2 rings (SSSR count). The molecule has 5 nitrogen and oxygen atoms in total. The lowest BCUT2D eigenvalue weighted by Gasteiger charge is -2.36. The molecule has 98 valence electrons. The molecule has 1 heterocycles. The number of hydrogen-bond donors (Lipinski definition) is 2. The van der Waals surface area contributed by atoms with Crippen LogP contribution in [-0.4, -0.2) is 36.8 Å². The molecule has 1 aliphatic heterocycles. The second kappa shape index (κ2) is 4.49. The van der Waals surface area contributed by atoms with Gasteiger partial charge in [0.2, 0.25) is 0 Å². The van der Waals surface area contributed by atoms with Gasteiger partial charge in [0, 0.05) is 12.7 Å². The number of aliphatic hydroxyl groups excluding tert-OH is 1. The minimum absolute atomic E-state index is 0.0451. The van der Waals surface area contributed by atoms with Crippen molar-refractivity contribution in [2.45, 2.75) is 19.4 Å². The Balaban J connectivity index is 2.31. The van der Waals surface area contributed by atoms with E-state index in [0.29, 0.717) is 11.4 Å². The Labute approximate surface area is 106 Å². The molecule has 0 aliphatic carbocycles. The zero-order valence-electron chi connectivity index (χ0n) is 10.9.